The van der Waals surface area contributed by atoms with E-state index < -0.39 is 5.63 Å². The number of fused-ring (bicyclic) bond motifs is 5. The maximum atomic E-state index is 12.9. The second-order valence-corrected chi connectivity index (χ2v) is 9.07. The van der Waals surface area contributed by atoms with Crippen LogP contribution in [0.15, 0.2) is 54.9 Å². The lowest BCUT2D eigenvalue weighted by molar-refractivity contribution is -0.136. The third-order valence-electron chi connectivity index (χ3n) is 6.26. The van der Waals surface area contributed by atoms with Crippen LogP contribution in [0.4, 0.5) is 0 Å². The van der Waals surface area contributed by atoms with Crippen molar-refractivity contribution in [2.24, 2.45) is 5.92 Å². The van der Waals surface area contributed by atoms with Crippen molar-refractivity contribution in [3.05, 3.63) is 72.9 Å². The summed E-state index contributed by atoms with van der Waals surface area (Å²) in [7, 11) is 0. The van der Waals surface area contributed by atoms with Crippen molar-refractivity contribution < 1.29 is 13.9 Å². The van der Waals surface area contributed by atoms with Gasteiger partial charge in [0.2, 0.25) is 0 Å². The molecule has 1 amide bonds. The number of hydrogen-bond acceptors (Lipinski definition) is 5. The summed E-state index contributed by atoms with van der Waals surface area (Å²) in [5.41, 5.74) is 1.81. The van der Waals surface area contributed by atoms with Gasteiger partial charge in [0, 0.05) is 48.8 Å². The van der Waals surface area contributed by atoms with Gasteiger partial charge in [-0.25, -0.2) is 4.79 Å². The van der Waals surface area contributed by atoms with E-state index in [0.717, 1.165) is 23.1 Å². The molecule has 0 unspecified atom stereocenters. The molecular formula is C23H21BrN2O5. The highest BCUT2D eigenvalue weighted by atomic mass is 79.9. The van der Waals surface area contributed by atoms with Crippen LogP contribution in [0.3, 0.4) is 0 Å². The summed E-state index contributed by atoms with van der Waals surface area (Å²) in [4.78, 5) is 38.7. The average molecular weight is 485 g/mol. The van der Waals surface area contributed by atoms with Crippen LogP contribution in [0, 0.1) is 12.8 Å². The second-order valence-electron chi connectivity index (χ2n) is 8.27. The minimum atomic E-state index is -0.447. The first-order chi connectivity index (χ1) is 14.9. The number of pyridine rings is 1. The number of ether oxygens (including phenoxy) is 1. The molecule has 0 N–H and O–H groups in total. The Kier molecular flexibility index (Phi) is 4.97. The highest BCUT2D eigenvalue weighted by Gasteiger charge is 2.36. The van der Waals surface area contributed by atoms with Gasteiger partial charge in [-0.2, -0.15) is 0 Å². The predicted molar refractivity (Wildman–Crippen MR) is 119 cm³/mol. The molecule has 160 valence electrons. The molecule has 2 atom stereocenters. The zero-order valence-corrected chi connectivity index (χ0v) is 18.6. The summed E-state index contributed by atoms with van der Waals surface area (Å²) in [6, 6.07) is 10.6. The summed E-state index contributed by atoms with van der Waals surface area (Å²) in [6.07, 6.45) is 0.993. The van der Waals surface area contributed by atoms with Gasteiger partial charge in [-0.15, -0.1) is 0 Å². The van der Waals surface area contributed by atoms with Gasteiger partial charge < -0.3 is 18.6 Å². The lowest BCUT2D eigenvalue weighted by Crippen LogP contribution is -2.50. The molecule has 8 heteroatoms. The fourth-order valence-electron chi connectivity index (χ4n) is 4.74. The molecule has 2 bridgehead atoms. The number of aryl methyl sites for hydroxylation is 1. The molecule has 4 heterocycles. The van der Waals surface area contributed by atoms with Crippen LogP contribution in [0.25, 0.3) is 11.0 Å². The third-order valence-corrected chi connectivity index (χ3v) is 7.18. The first kappa shape index (κ1) is 20.1. The Hall–Kier alpha value is -2.87. The van der Waals surface area contributed by atoms with Gasteiger partial charge >= 0.3 is 5.63 Å². The van der Waals surface area contributed by atoms with Crippen LogP contribution in [0.5, 0.6) is 5.75 Å². The number of likely N-dealkylation sites (tertiary alicyclic amines) is 1. The zero-order valence-electron chi connectivity index (χ0n) is 17.0. The number of halogens is 1. The van der Waals surface area contributed by atoms with E-state index in [0.29, 0.717) is 35.4 Å². The molecule has 2 aliphatic rings. The summed E-state index contributed by atoms with van der Waals surface area (Å²) in [6.45, 7) is 3.61. The van der Waals surface area contributed by atoms with Crippen LogP contribution in [0.1, 0.15) is 23.6 Å². The van der Waals surface area contributed by atoms with Crippen molar-refractivity contribution in [1.29, 1.82) is 0 Å². The molecule has 1 fully saturated rings. The minimum Gasteiger partial charge on any atom is -0.484 e. The highest BCUT2D eigenvalue weighted by Crippen LogP contribution is 2.35. The molecule has 1 saturated heterocycles. The monoisotopic (exact) mass is 484 g/mol. The highest BCUT2D eigenvalue weighted by molar-refractivity contribution is 9.10. The SMILES string of the molecule is Cc1c(Br)c(=O)oc2cc(OCC(=O)N3C[C@@H]4C[C@@H](C3)c3cccc(=O)n3C4)ccc12. The van der Waals surface area contributed by atoms with Gasteiger partial charge in [0.05, 0.1) is 0 Å². The number of nitrogens with zero attached hydrogens (tertiary/aromatic N) is 2. The molecule has 2 aromatic heterocycles. The molecule has 3 aromatic rings. The Morgan fingerprint density at radius 1 is 1.19 bits per heavy atom. The van der Waals surface area contributed by atoms with Crippen molar-refractivity contribution in [2.75, 3.05) is 19.7 Å². The molecule has 0 saturated carbocycles. The molecular weight excluding hydrogens is 464 g/mol. The number of carbonyl (C=O) groups is 1. The smallest absolute Gasteiger partial charge is 0.350 e. The quantitative estimate of drug-likeness (QED) is 0.533. The summed E-state index contributed by atoms with van der Waals surface area (Å²) >= 11 is 3.24. The van der Waals surface area contributed by atoms with Gasteiger partial charge in [0.1, 0.15) is 15.8 Å². The van der Waals surface area contributed by atoms with Crippen LogP contribution < -0.4 is 15.9 Å². The molecule has 7 nitrogen and oxygen atoms in total. The maximum Gasteiger partial charge on any atom is 0.350 e. The van der Waals surface area contributed by atoms with E-state index in [4.69, 9.17) is 9.15 Å². The van der Waals surface area contributed by atoms with E-state index in [1.165, 1.54) is 0 Å². The first-order valence-corrected chi connectivity index (χ1v) is 11.0. The second kappa shape index (κ2) is 7.67. The van der Waals surface area contributed by atoms with Crippen LogP contribution in [-0.4, -0.2) is 35.1 Å². The Bertz CT molecular complexity index is 1310. The van der Waals surface area contributed by atoms with Crippen LogP contribution in [-0.2, 0) is 11.3 Å². The molecule has 0 radical (unpaired) electrons. The number of aromatic nitrogens is 1. The Balaban J connectivity index is 1.30. The summed E-state index contributed by atoms with van der Waals surface area (Å²) in [5, 5.41) is 0.808. The van der Waals surface area contributed by atoms with Gasteiger partial charge in [-0.1, -0.05) is 6.07 Å². The number of piperidine rings is 1. The van der Waals surface area contributed by atoms with Gasteiger partial charge in [-0.05, 0) is 59.0 Å². The lowest BCUT2D eigenvalue weighted by atomic mass is 9.83. The van der Waals surface area contributed by atoms with Crippen molar-refractivity contribution in [3.8, 4) is 5.75 Å². The van der Waals surface area contributed by atoms with Crippen LogP contribution in [0.2, 0.25) is 0 Å². The summed E-state index contributed by atoms with van der Waals surface area (Å²) < 4.78 is 13.3. The number of rotatable bonds is 3. The van der Waals surface area contributed by atoms with Gasteiger partial charge in [0.25, 0.3) is 11.5 Å². The molecule has 2 aliphatic heterocycles. The molecule has 5 rings (SSSR count). The normalized spacial score (nSPS) is 19.9. The fourth-order valence-corrected chi connectivity index (χ4v) is 5.03. The van der Waals surface area contributed by atoms with E-state index in [9.17, 15) is 14.4 Å². The fraction of sp³-hybridized carbons (Fsp3) is 0.348. The molecule has 0 aliphatic carbocycles. The standard InChI is InChI=1S/C23H21BrN2O5/c1-13-17-6-5-16(8-19(17)31-23(29)22(13)24)30-12-21(28)25-9-14-7-15(11-25)18-3-2-4-20(27)26(18)10-14/h2-6,8,14-15H,7,9-12H2,1H3/t14-,15-/m0/s1. The number of amides is 1. The van der Waals surface area contributed by atoms with Crippen molar-refractivity contribution in [3.63, 3.8) is 0 Å². The number of carbonyl (C=O) groups excluding carboxylic acids is 1. The van der Waals surface area contributed by atoms with Gasteiger partial charge in [0.15, 0.2) is 6.61 Å². The minimum absolute atomic E-state index is 0.0283. The van der Waals surface area contributed by atoms with E-state index >= 15 is 0 Å². The Morgan fingerprint density at radius 2 is 2.03 bits per heavy atom. The lowest BCUT2D eigenvalue weighted by Gasteiger charge is -2.42. The Labute approximate surface area is 186 Å². The molecule has 1 aromatic carbocycles. The topological polar surface area (TPSA) is 81.8 Å². The Morgan fingerprint density at radius 3 is 2.87 bits per heavy atom. The predicted octanol–water partition coefficient (Wildman–Crippen LogP) is 3.05. The average Bonchev–Trinajstić information content (AvgIpc) is 2.76. The van der Waals surface area contributed by atoms with E-state index in [2.05, 4.69) is 15.9 Å². The largest absolute Gasteiger partial charge is 0.484 e. The molecule has 31 heavy (non-hydrogen) atoms. The van der Waals surface area contributed by atoms with Crippen molar-refractivity contribution in [2.45, 2.75) is 25.8 Å². The van der Waals surface area contributed by atoms with Crippen molar-refractivity contribution >= 4 is 32.8 Å². The maximum absolute atomic E-state index is 12.9. The molecule has 0 spiro atoms. The summed E-state index contributed by atoms with van der Waals surface area (Å²) in [5.74, 6) is 0.822. The van der Waals surface area contributed by atoms with Crippen molar-refractivity contribution in [1.82, 2.24) is 9.47 Å². The van der Waals surface area contributed by atoms with Crippen LogP contribution >= 0.6 is 15.9 Å². The number of benzene rings is 1. The first-order valence-electron chi connectivity index (χ1n) is 10.2. The van der Waals surface area contributed by atoms with E-state index in [-0.39, 0.29) is 29.9 Å². The number of hydrogen-bond donors (Lipinski definition) is 0. The van der Waals surface area contributed by atoms with E-state index in [1.54, 1.807) is 24.3 Å². The van der Waals surface area contributed by atoms with Gasteiger partial charge in [-0.3, -0.25) is 9.59 Å². The third kappa shape index (κ3) is 3.59. The van der Waals surface area contributed by atoms with E-state index in [1.807, 2.05) is 28.5 Å². The zero-order chi connectivity index (χ0) is 21.7.